The molecule has 21 heavy (non-hydrogen) atoms. The van der Waals surface area contributed by atoms with E-state index in [2.05, 4.69) is 48.4 Å². The molecule has 2 atom stereocenters. The van der Waals surface area contributed by atoms with E-state index in [1.807, 2.05) is 0 Å². The van der Waals surface area contributed by atoms with Crippen LogP contribution in [-0.4, -0.2) is 39.4 Å². The Kier molecular flexibility index (Phi) is 5.44. The van der Waals surface area contributed by atoms with Crippen LogP contribution in [0.4, 0.5) is 0 Å². The maximum Gasteiger partial charge on any atom is 0.0596 e. The molecule has 1 aromatic heterocycles. The highest BCUT2D eigenvalue weighted by atomic mass is 15.3. The van der Waals surface area contributed by atoms with Crippen molar-refractivity contribution < 1.29 is 0 Å². The predicted molar refractivity (Wildman–Crippen MR) is 88.4 cm³/mol. The largest absolute Gasteiger partial charge is 0.326 e. The summed E-state index contributed by atoms with van der Waals surface area (Å²) in [6, 6.07) is 2.34. The molecule has 2 heterocycles. The Balaban J connectivity index is 2.13. The highest BCUT2D eigenvalue weighted by Crippen LogP contribution is 2.28. The van der Waals surface area contributed by atoms with E-state index in [0.29, 0.717) is 0 Å². The molecule has 0 aromatic carbocycles. The summed E-state index contributed by atoms with van der Waals surface area (Å²) >= 11 is 0. The molecule has 0 spiro atoms. The van der Waals surface area contributed by atoms with Gasteiger partial charge in [-0.05, 0) is 59.2 Å². The van der Waals surface area contributed by atoms with Crippen molar-refractivity contribution in [2.45, 2.75) is 77.9 Å². The second-order valence-electron chi connectivity index (χ2n) is 6.66. The Hall–Kier alpha value is -0.870. The molecule has 0 saturated carbocycles. The molecular formula is C17H32N4. The molecular weight excluding hydrogens is 260 g/mol. The van der Waals surface area contributed by atoms with E-state index in [0.717, 1.165) is 25.1 Å². The van der Waals surface area contributed by atoms with E-state index in [1.165, 1.54) is 38.0 Å². The van der Waals surface area contributed by atoms with Gasteiger partial charge in [0.1, 0.15) is 0 Å². The first-order valence-electron chi connectivity index (χ1n) is 8.55. The quantitative estimate of drug-likeness (QED) is 0.877. The van der Waals surface area contributed by atoms with Crippen LogP contribution >= 0.6 is 0 Å². The molecule has 1 fully saturated rings. The van der Waals surface area contributed by atoms with Gasteiger partial charge in [-0.1, -0.05) is 13.3 Å². The van der Waals surface area contributed by atoms with Crippen molar-refractivity contribution >= 4 is 0 Å². The summed E-state index contributed by atoms with van der Waals surface area (Å²) in [5.41, 5.74) is 9.14. The molecule has 1 aromatic rings. The van der Waals surface area contributed by atoms with Crippen molar-refractivity contribution in [3.05, 3.63) is 17.5 Å². The number of hydrogen-bond donors (Lipinski definition) is 1. The number of aromatic nitrogens is 2. The smallest absolute Gasteiger partial charge is 0.0596 e. The van der Waals surface area contributed by atoms with Crippen LogP contribution in [0.1, 0.15) is 57.8 Å². The van der Waals surface area contributed by atoms with E-state index in [9.17, 15) is 0 Å². The second-order valence-corrected chi connectivity index (χ2v) is 6.66. The fraction of sp³-hybridized carbons (Fsp3) is 0.824. The van der Waals surface area contributed by atoms with Gasteiger partial charge < -0.3 is 5.73 Å². The average Bonchev–Trinajstić information content (AvgIpc) is 2.86. The lowest BCUT2D eigenvalue weighted by atomic mass is 9.83. The minimum atomic E-state index is 0.0944. The lowest BCUT2D eigenvalue weighted by Gasteiger charge is -2.46. The lowest BCUT2D eigenvalue weighted by Crippen LogP contribution is -2.59. The zero-order chi connectivity index (χ0) is 15.5. The minimum absolute atomic E-state index is 0.0944. The lowest BCUT2D eigenvalue weighted by molar-refractivity contribution is 0.0541. The number of hydrogen-bond acceptors (Lipinski definition) is 3. The topological polar surface area (TPSA) is 47.1 Å². The summed E-state index contributed by atoms with van der Waals surface area (Å²) in [6.07, 6.45) is 6.01. The molecule has 1 aliphatic heterocycles. The highest BCUT2D eigenvalue weighted by molar-refractivity contribution is 5.12. The highest BCUT2D eigenvalue weighted by Gasteiger charge is 2.37. The number of nitrogens with zero attached hydrogens (tertiary/aromatic N) is 3. The Bertz CT molecular complexity index is 448. The standard InChI is InChI=1S/C17H32N4/c1-5-17(4,20-10-8-7-9-11-20)16(18)13-15-12-14(3)19-21(15)6-2/h12,16H,5-11,13,18H2,1-4H3. The third-order valence-corrected chi connectivity index (χ3v) is 5.31. The van der Waals surface area contributed by atoms with Gasteiger partial charge in [-0.25, -0.2) is 0 Å². The number of aryl methyl sites for hydroxylation is 2. The summed E-state index contributed by atoms with van der Waals surface area (Å²) in [5.74, 6) is 0. The third kappa shape index (κ3) is 3.49. The SMILES string of the molecule is CCn1nc(C)cc1CC(N)C(C)(CC)N1CCCCC1. The van der Waals surface area contributed by atoms with Crippen molar-refractivity contribution in [3.63, 3.8) is 0 Å². The Morgan fingerprint density at radius 3 is 2.52 bits per heavy atom. The molecule has 4 heteroatoms. The maximum atomic E-state index is 6.68. The third-order valence-electron chi connectivity index (χ3n) is 5.31. The van der Waals surface area contributed by atoms with Gasteiger partial charge in [-0.3, -0.25) is 9.58 Å². The van der Waals surface area contributed by atoms with Gasteiger partial charge in [0.15, 0.2) is 0 Å². The Labute approximate surface area is 129 Å². The molecule has 0 amide bonds. The summed E-state index contributed by atoms with van der Waals surface area (Å²) < 4.78 is 2.10. The van der Waals surface area contributed by atoms with Crippen molar-refractivity contribution in [1.29, 1.82) is 0 Å². The molecule has 2 unspecified atom stereocenters. The van der Waals surface area contributed by atoms with E-state index in [4.69, 9.17) is 5.73 Å². The zero-order valence-corrected chi connectivity index (χ0v) is 14.2. The van der Waals surface area contributed by atoms with Gasteiger partial charge in [-0.2, -0.15) is 5.10 Å². The summed E-state index contributed by atoms with van der Waals surface area (Å²) in [5, 5.41) is 4.55. The monoisotopic (exact) mass is 292 g/mol. The second kappa shape index (κ2) is 6.93. The van der Waals surface area contributed by atoms with Gasteiger partial charge in [0, 0.05) is 30.2 Å². The molecule has 0 radical (unpaired) electrons. The summed E-state index contributed by atoms with van der Waals surface area (Å²) in [4.78, 5) is 2.63. The maximum absolute atomic E-state index is 6.68. The molecule has 0 bridgehead atoms. The predicted octanol–water partition coefficient (Wildman–Crippen LogP) is 2.74. The molecule has 0 aliphatic carbocycles. The van der Waals surface area contributed by atoms with E-state index in [-0.39, 0.29) is 11.6 Å². The number of piperidine rings is 1. The zero-order valence-electron chi connectivity index (χ0n) is 14.2. The number of rotatable bonds is 6. The molecule has 1 aliphatic rings. The van der Waals surface area contributed by atoms with Gasteiger partial charge in [0.05, 0.1) is 5.69 Å². The van der Waals surface area contributed by atoms with E-state index >= 15 is 0 Å². The van der Waals surface area contributed by atoms with Crippen LogP contribution in [0.2, 0.25) is 0 Å². The first-order valence-corrected chi connectivity index (χ1v) is 8.55. The fourth-order valence-electron chi connectivity index (χ4n) is 3.61. The normalized spacial score (nSPS) is 21.2. The van der Waals surface area contributed by atoms with Gasteiger partial charge in [0.25, 0.3) is 0 Å². The van der Waals surface area contributed by atoms with Gasteiger partial charge in [-0.15, -0.1) is 0 Å². The van der Waals surface area contributed by atoms with Crippen LogP contribution < -0.4 is 5.73 Å². The Morgan fingerprint density at radius 2 is 1.95 bits per heavy atom. The fourth-order valence-corrected chi connectivity index (χ4v) is 3.61. The van der Waals surface area contributed by atoms with Crippen molar-refractivity contribution in [2.75, 3.05) is 13.1 Å². The van der Waals surface area contributed by atoms with Crippen molar-refractivity contribution in [1.82, 2.24) is 14.7 Å². The molecule has 4 nitrogen and oxygen atoms in total. The first kappa shape index (κ1) is 16.5. The molecule has 120 valence electrons. The molecule has 2 N–H and O–H groups in total. The van der Waals surface area contributed by atoms with Gasteiger partial charge >= 0.3 is 0 Å². The average molecular weight is 292 g/mol. The van der Waals surface area contributed by atoms with E-state index < -0.39 is 0 Å². The number of nitrogens with two attached hydrogens (primary N) is 1. The van der Waals surface area contributed by atoms with Crippen molar-refractivity contribution in [2.24, 2.45) is 5.73 Å². The summed E-state index contributed by atoms with van der Waals surface area (Å²) in [7, 11) is 0. The van der Waals surface area contributed by atoms with E-state index in [1.54, 1.807) is 0 Å². The van der Waals surface area contributed by atoms with Crippen LogP contribution in [0.5, 0.6) is 0 Å². The van der Waals surface area contributed by atoms with Gasteiger partial charge in [0.2, 0.25) is 0 Å². The van der Waals surface area contributed by atoms with Crippen LogP contribution in [0.15, 0.2) is 6.07 Å². The molecule has 2 rings (SSSR count). The first-order chi connectivity index (χ1) is 10.0. The minimum Gasteiger partial charge on any atom is -0.326 e. The van der Waals surface area contributed by atoms with Crippen LogP contribution in [0, 0.1) is 6.92 Å². The molecule has 1 saturated heterocycles. The summed E-state index contributed by atoms with van der Waals surface area (Å²) in [6.45, 7) is 12.1. The van der Waals surface area contributed by atoms with Crippen LogP contribution in [0.25, 0.3) is 0 Å². The Morgan fingerprint density at radius 1 is 1.29 bits per heavy atom. The number of likely N-dealkylation sites (tertiary alicyclic amines) is 1. The van der Waals surface area contributed by atoms with Crippen molar-refractivity contribution in [3.8, 4) is 0 Å². The van der Waals surface area contributed by atoms with Crippen LogP contribution in [0.3, 0.4) is 0 Å². The van der Waals surface area contributed by atoms with Crippen LogP contribution in [-0.2, 0) is 13.0 Å².